The van der Waals surface area contributed by atoms with Crippen molar-refractivity contribution in [2.24, 2.45) is 0 Å². The van der Waals surface area contributed by atoms with Gasteiger partial charge in [-0.3, -0.25) is 4.79 Å². The Hall–Kier alpha value is -2.59. The number of halogens is 1. The molecule has 2 aromatic carbocycles. The smallest absolute Gasteiger partial charge is 0.339 e. The molecule has 0 unspecified atom stereocenters. The van der Waals surface area contributed by atoms with Gasteiger partial charge in [-0.15, -0.1) is 0 Å². The van der Waals surface area contributed by atoms with E-state index in [4.69, 9.17) is 16.3 Å². The maximum atomic E-state index is 12.2. The quantitative estimate of drug-likeness (QED) is 0.370. The number of rotatable bonds is 8. The van der Waals surface area contributed by atoms with Gasteiger partial charge < -0.3 is 10.1 Å². The second-order valence-electron chi connectivity index (χ2n) is 6.20. The normalized spacial score (nSPS) is 10.8. The molecular formula is C22H24ClNO3. The van der Waals surface area contributed by atoms with E-state index >= 15 is 0 Å². The van der Waals surface area contributed by atoms with E-state index in [9.17, 15) is 9.59 Å². The van der Waals surface area contributed by atoms with Crippen molar-refractivity contribution in [2.45, 2.75) is 32.6 Å². The van der Waals surface area contributed by atoms with Crippen molar-refractivity contribution in [3.05, 3.63) is 70.3 Å². The molecule has 1 amide bonds. The summed E-state index contributed by atoms with van der Waals surface area (Å²) in [6, 6.07) is 12.8. The lowest BCUT2D eigenvalue weighted by Gasteiger charge is -2.08. The third kappa shape index (κ3) is 6.57. The molecule has 5 heteroatoms. The van der Waals surface area contributed by atoms with Crippen molar-refractivity contribution in [1.29, 1.82) is 0 Å². The molecule has 0 radical (unpaired) electrons. The number of benzene rings is 2. The highest BCUT2D eigenvalue weighted by Gasteiger charge is 2.13. The average Bonchev–Trinajstić information content (AvgIpc) is 2.67. The molecule has 142 valence electrons. The van der Waals surface area contributed by atoms with E-state index in [1.54, 1.807) is 12.1 Å². The highest BCUT2D eigenvalue weighted by atomic mass is 35.5. The molecule has 1 N–H and O–H groups in total. The molecule has 0 aliphatic carbocycles. The lowest BCUT2D eigenvalue weighted by Crippen LogP contribution is -2.13. The zero-order chi connectivity index (χ0) is 19.6. The molecule has 0 aromatic heterocycles. The Kier molecular flexibility index (Phi) is 8.08. The number of hydrogen-bond donors (Lipinski definition) is 1. The van der Waals surface area contributed by atoms with Crippen LogP contribution in [0.4, 0.5) is 5.69 Å². The van der Waals surface area contributed by atoms with Crippen LogP contribution in [0.25, 0.3) is 6.08 Å². The summed E-state index contributed by atoms with van der Waals surface area (Å²) in [6.45, 7) is 2.19. The van der Waals surface area contributed by atoms with Crippen LogP contribution in [-0.4, -0.2) is 19.0 Å². The molecule has 0 aliphatic heterocycles. The number of unbranched alkanes of at least 4 members (excludes halogenated alkanes) is 2. The van der Waals surface area contributed by atoms with E-state index in [2.05, 4.69) is 24.4 Å². The predicted molar refractivity (Wildman–Crippen MR) is 110 cm³/mol. The van der Waals surface area contributed by atoms with Gasteiger partial charge in [0.2, 0.25) is 5.91 Å². The van der Waals surface area contributed by atoms with Crippen molar-refractivity contribution in [2.75, 3.05) is 12.4 Å². The minimum atomic E-state index is -0.537. The summed E-state index contributed by atoms with van der Waals surface area (Å²) >= 11 is 5.96. The number of hydrogen-bond acceptors (Lipinski definition) is 3. The third-order valence-corrected chi connectivity index (χ3v) is 4.36. The fourth-order valence-electron chi connectivity index (χ4n) is 2.63. The summed E-state index contributed by atoms with van der Waals surface area (Å²) in [4.78, 5) is 24.0. The second-order valence-corrected chi connectivity index (χ2v) is 6.64. The Morgan fingerprint density at radius 3 is 2.52 bits per heavy atom. The van der Waals surface area contributed by atoms with Gasteiger partial charge in [-0.2, -0.15) is 0 Å². The largest absolute Gasteiger partial charge is 0.465 e. The first-order valence-corrected chi connectivity index (χ1v) is 9.37. The Morgan fingerprint density at radius 2 is 1.85 bits per heavy atom. The minimum absolute atomic E-state index is 0.250. The fraction of sp³-hybridized carbons (Fsp3) is 0.273. The number of carbonyl (C=O) groups excluding carboxylic acids is 2. The van der Waals surface area contributed by atoms with E-state index in [-0.39, 0.29) is 11.5 Å². The lowest BCUT2D eigenvalue weighted by atomic mass is 10.1. The van der Waals surface area contributed by atoms with Crippen molar-refractivity contribution >= 4 is 35.2 Å². The number of anilines is 1. The Labute approximate surface area is 165 Å². The van der Waals surface area contributed by atoms with E-state index in [1.807, 2.05) is 12.1 Å². The van der Waals surface area contributed by atoms with Gasteiger partial charge >= 0.3 is 5.97 Å². The molecule has 0 bridgehead atoms. The molecule has 0 aliphatic rings. The number of esters is 1. The molecule has 4 nitrogen and oxygen atoms in total. The zero-order valence-electron chi connectivity index (χ0n) is 15.6. The highest BCUT2D eigenvalue weighted by Crippen LogP contribution is 2.22. The van der Waals surface area contributed by atoms with Crippen LogP contribution in [0.15, 0.2) is 48.5 Å². The number of methoxy groups -OCH3 is 1. The molecule has 0 saturated carbocycles. The Bertz CT molecular complexity index is 813. The van der Waals surface area contributed by atoms with Gasteiger partial charge in [-0.05, 0) is 48.2 Å². The van der Waals surface area contributed by atoms with Crippen LogP contribution in [-0.2, 0) is 16.0 Å². The van der Waals surface area contributed by atoms with E-state index in [1.165, 1.54) is 50.1 Å². The Morgan fingerprint density at radius 1 is 1.11 bits per heavy atom. The second kappa shape index (κ2) is 10.5. The Balaban J connectivity index is 2.01. The first-order valence-electron chi connectivity index (χ1n) is 8.99. The van der Waals surface area contributed by atoms with Gasteiger partial charge in [0.1, 0.15) is 0 Å². The maximum Gasteiger partial charge on any atom is 0.339 e. The number of carbonyl (C=O) groups is 2. The van der Waals surface area contributed by atoms with Crippen LogP contribution >= 0.6 is 11.6 Å². The summed E-state index contributed by atoms with van der Waals surface area (Å²) in [5.74, 6) is -0.890. The van der Waals surface area contributed by atoms with Gasteiger partial charge in [0.25, 0.3) is 0 Å². The first-order chi connectivity index (χ1) is 13.0. The van der Waals surface area contributed by atoms with E-state index in [0.717, 1.165) is 12.0 Å². The first kappa shape index (κ1) is 20.7. The predicted octanol–water partition coefficient (Wildman–Crippen LogP) is 5.51. The molecule has 2 rings (SSSR count). The summed E-state index contributed by atoms with van der Waals surface area (Å²) in [5, 5.41) is 3.09. The fourth-order valence-corrected chi connectivity index (χ4v) is 2.80. The van der Waals surface area contributed by atoms with Gasteiger partial charge in [0.05, 0.1) is 18.4 Å². The summed E-state index contributed by atoms with van der Waals surface area (Å²) in [6.07, 6.45) is 7.86. The summed E-state index contributed by atoms with van der Waals surface area (Å²) in [5.41, 5.74) is 2.80. The van der Waals surface area contributed by atoms with Crippen LogP contribution < -0.4 is 5.32 Å². The molecule has 2 aromatic rings. The molecule has 27 heavy (non-hydrogen) atoms. The number of amides is 1. The SMILES string of the molecule is CCCCCc1ccc(/C=C/C(=O)Nc2cc(Cl)ccc2C(=O)OC)cc1. The topological polar surface area (TPSA) is 55.4 Å². The van der Waals surface area contributed by atoms with Gasteiger partial charge in [0.15, 0.2) is 0 Å². The monoisotopic (exact) mass is 385 g/mol. The molecule has 0 fully saturated rings. The van der Waals surface area contributed by atoms with E-state index < -0.39 is 5.97 Å². The van der Waals surface area contributed by atoms with Crippen LogP contribution in [0, 0.1) is 0 Å². The summed E-state index contributed by atoms with van der Waals surface area (Å²) in [7, 11) is 1.29. The molecule has 0 spiro atoms. The maximum absolute atomic E-state index is 12.2. The van der Waals surface area contributed by atoms with Gasteiger partial charge in [0, 0.05) is 11.1 Å². The standard InChI is InChI=1S/C22H24ClNO3/c1-3-4-5-6-16-7-9-17(10-8-16)11-14-21(25)24-20-15-18(23)12-13-19(20)22(26)27-2/h7-15H,3-6H2,1-2H3,(H,24,25)/b14-11+. The van der Waals surface area contributed by atoms with Crippen LogP contribution in [0.1, 0.15) is 47.7 Å². The van der Waals surface area contributed by atoms with Gasteiger partial charge in [-0.25, -0.2) is 4.79 Å². The number of nitrogens with one attached hydrogen (secondary N) is 1. The number of aryl methyl sites for hydroxylation is 1. The highest BCUT2D eigenvalue weighted by molar-refractivity contribution is 6.31. The van der Waals surface area contributed by atoms with Crippen molar-refractivity contribution < 1.29 is 14.3 Å². The summed E-state index contributed by atoms with van der Waals surface area (Å²) < 4.78 is 4.72. The molecule has 0 saturated heterocycles. The van der Waals surface area contributed by atoms with Crippen molar-refractivity contribution in [3.63, 3.8) is 0 Å². The van der Waals surface area contributed by atoms with Crippen molar-refractivity contribution in [3.8, 4) is 0 Å². The molecule has 0 heterocycles. The van der Waals surface area contributed by atoms with Crippen LogP contribution in [0.2, 0.25) is 5.02 Å². The molecular weight excluding hydrogens is 362 g/mol. The zero-order valence-corrected chi connectivity index (χ0v) is 16.4. The minimum Gasteiger partial charge on any atom is -0.465 e. The van der Waals surface area contributed by atoms with Crippen LogP contribution in [0.3, 0.4) is 0 Å². The average molecular weight is 386 g/mol. The third-order valence-electron chi connectivity index (χ3n) is 4.12. The van der Waals surface area contributed by atoms with Crippen LogP contribution in [0.5, 0.6) is 0 Å². The van der Waals surface area contributed by atoms with Crippen molar-refractivity contribution in [1.82, 2.24) is 0 Å². The number of ether oxygens (including phenoxy) is 1. The molecule has 0 atom stereocenters. The van der Waals surface area contributed by atoms with Gasteiger partial charge in [-0.1, -0.05) is 55.6 Å². The lowest BCUT2D eigenvalue weighted by molar-refractivity contribution is -0.111. The van der Waals surface area contributed by atoms with E-state index in [0.29, 0.717) is 10.7 Å².